The van der Waals surface area contributed by atoms with Crippen LogP contribution < -0.4 is 15.0 Å². The van der Waals surface area contributed by atoms with Crippen LogP contribution >= 0.6 is 11.6 Å². The molecule has 2 fully saturated rings. The fourth-order valence-corrected chi connectivity index (χ4v) is 5.41. The van der Waals surface area contributed by atoms with E-state index in [4.69, 9.17) is 30.8 Å². The maximum absolute atomic E-state index is 12.9. The number of hydrogen-bond acceptors (Lipinski definition) is 8. The molecule has 10 nitrogen and oxygen atoms in total. The number of nitrogens with zero attached hydrogens (tertiary/aromatic N) is 4. The van der Waals surface area contributed by atoms with E-state index in [1.807, 2.05) is 17.0 Å². The van der Waals surface area contributed by atoms with E-state index >= 15 is 0 Å². The van der Waals surface area contributed by atoms with Crippen molar-refractivity contribution in [3.05, 3.63) is 58.6 Å². The molecule has 0 radical (unpaired) electrons. The summed E-state index contributed by atoms with van der Waals surface area (Å²) in [4.78, 5) is 30.3. The van der Waals surface area contributed by atoms with Crippen molar-refractivity contribution in [2.45, 2.75) is 32.7 Å². The van der Waals surface area contributed by atoms with Gasteiger partial charge in [0.25, 0.3) is 6.47 Å². The van der Waals surface area contributed by atoms with Crippen molar-refractivity contribution in [2.75, 3.05) is 44.7 Å². The Hall–Kier alpha value is -3.63. The van der Waals surface area contributed by atoms with Crippen LogP contribution in [0.5, 0.6) is 5.75 Å². The first-order valence-corrected chi connectivity index (χ1v) is 13.8. The lowest BCUT2D eigenvalue weighted by Crippen LogP contribution is -2.42. The number of methoxy groups -OCH3 is 1. The van der Waals surface area contributed by atoms with E-state index in [-0.39, 0.29) is 18.3 Å². The molecule has 214 valence electrons. The molecule has 2 aromatic carbocycles. The van der Waals surface area contributed by atoms with Crippen molar-refractivity contribution in [3.8, 4) is 17.1 Å². The summed E-state index contributed by atoms with van der Waals surface area (Å²) < 4.78 is 10.7. The normalized spacial score (nSPS) is 17.7. The van der Waals surface area contributed by atoms with Gasteiger partial charge in [-0.3, -0.25) is 14.5 Å². The zero-order valence-corrected chi connectivity index (χ0v) is 23.6. The van der Waals surface area contributed by atoms with Gasteiger partial charge in [-0.25, -0.2) is 0 Å². The van der Waals surface area contributed by atoms with E-state index < -0.39 is 0 Å². The summed E-state index contributed by atoms with van der Waals surface area (Å²) in [7, 11) is 1.59. The number of ether oxygens (including phenoxy) is 1. The number of aromatic nitrogens is 2. The van der Waals surface area contributed by atoms with Crippen LogP contribution in [0.25, 0.3) is 11.4 Å². The SMILES string of the molecule is COc1ccc(-c2noc(N3CCC(C(=O)NCC4CCN(Cc5ccc(C)cc5)C4)CC3)n2)c(Cl)c1.O=CO. The summed E-state index contributed by atoms with van der Waals surface area (Å²) in [6.07, 6.45) is 2.65. The molecular formula is C29H36ClN5O5. The molecule has 0 aliphatic carbocycles. The molecule has 1 aromatic heterocycles. The lowest BCUT2D eigenvalue weighted by molar-refractivity contribution is -0.126. The second-order valence-electron chi connectivity index (χ2n) is 10.2. The summed E-state index contributed by atoms with van der Waals surface area (Å²) in [5.41, 5.74) is 3.33. The number of piperidine rings is 1. The Bertz CT molecular complexity index is 1260. The van der Waals surface area contributed by atoms with Crippen LogP contribution in [0.3, 0.4) is 0 Å². The largest absolute Gasteiger partial charge is 0.497 e. The molecule has 40 heavy (non-hydrogen) atoms. The van der Waals surface area contributed by atoms with E-state index in [2.05, 4.69) is 51.5 Å². The number of anilines is 1. The molecule has 1 amide bonds. The number of rotatable bonds is 8. The molecule has 0 spiro atoms. The van der Waals surface area contributed by atoms with Crippen molar-refractivity contribution in [1.82, 2.24) is 20.4 Å². The number of amides is 1. The van der Waals surface area contributed by atoms with Crippen molar-refractivity contribution >= 4 is 30.0 Å². The van der Waals surface area contributed by atoms with E-state index in [1.165, 1.54) is 11.1 Å². The van der Waals surface area contributed by atoms with Gasteiger partial charge in [0.05, 0.1) is 12.1 Å². The highest BCUT2D eigenvalue weighted by Crippen LogP contribution is 2.31. The third kappa shape index (κ3) is 7.73. The maximum Gasteiger partial charge on any atom is 0.324 e. The zero-order valence-electron chi connectivity index (χ0n) is 22.9. The molecule has 3 aromatic rings. The molecule has 0 saturated carbocycles. The third-order valence-electron chi connectivity index (χ3n) is 7.43. The van der Waals surface area contributed by atoms with Crippen LogP contribution in [0, 0.1) is 18.8 Å². The van der Waals surface area contributed by atoms with E-state index in [9.17, 15) is 4.79 Å². The first-order valence-electron chi connectivity index (χ1n) is 13.5. The Kier molecular flexibility index (Phi) is 10.4. The van der Waals surface area contributed by atoms with Crippen LogP contribution in [-0.4, -0.2) is 72.4 Å². The predicted octanol–water partition coefficient (Wildman–Crippen LogP) is 4.26. The summed E-state index contributed by atoms with van der Waals surface area (Å²) in [5, 5.41) is 14.7. The van der Waals surface area contributed by atoms with Gasteiger partial charge in [-0.2, -0.15) is 4.98 Å². The summed E-state index contributed by atoms with van der Waals surface area (Å²) >= 11 is 6.36. The highest BCUT2D eigenvalue weighted by molar-refractivity contribution is 6.33. The van der Waals surface area contributed by atoms with Gasteiger partial charge in [0, 0.05) is 44.2 Å². The quantitative estimate of drug-likeness (QED) is 0.383. The van der Waals surface area contributed by atoms with Crippen LogP contribution in [0.2, 0.25) is 5.02 Å². The first kappa shape index (κ1) is 29.4. The third-order valence-corrected chi connectivity index (χ3v) is 7.74. The Morgan fingerprint density at radius 1 is 1.18 bits per heavy atom. The van der Waals surface area contributed by atoms with Gasteiger partial charge in [-0.15, -0.1) is 0 Å². The number of aryl methyl sites for hydroxylation is 1. The highest BCUT2D eigenvalue weighted by atomic mass is 35.5. The molecule has 2 saturated heterocycles. The second kappa shape index (κ2) is 14.1. The van der Waals surface area contributed by atoms with Gasteiger partial charge in [-0.05, 0) is 62.4 Å². The molecule has 5 rings (SSSR count). The molecule has 1 atom stereocenters. The summed E-state index contributed by atoms with van der Waals surface area (Å²) in [5.74, 6) is 1.80. The van der Waals surface area contributed by atoms with Crippen LogP contribution in [0.15, 0.2) is 47.0 Å². The van der Waals surface area contributed by atoms with Gasteiger partial charge in [0.15, 0.2) is 0 Å². The minimum atomic E-state index is -0.250. The van der Waals surface area contributed by atoms with E-state index in [0.29, 0.717) is 47.2 Å². The molecule has 2 N–H and O–H groups in total. The average Bonchev–Trinajstić information content (AvgIpc) is 3.63. The fraction of sp³-hybridized carbons (Fsp3) is 0.448. The van der Waals surface area contributed by atoms with Crippen LogP contribution in [0.1, 0.15) is 30.4 Å². The number of halogens is 1. The van der Waals surface area contributed by atoms with Crippen molar-refractivity contribution in [3.63, 3.8) is 0 Å². The van der Waals surface area contributed by atoms with Crippen LogP contribution in [-0.2, 0) is 16.1 Å². The Morgan fingerprint density at radius 2 is 1.90 bits per heavy atom. The average molecular weight is 570 g/mol. The highest BCUT2D eigenvalue weighted by Gasteiger charge is 2.29. The van der Waals surface area contributed by atoms with Gasteiger partial charge in [0.1, 0.15) is 5.75 Å². The predicted molar refractivity (Wildman–Crippen MR) is 152 cm³/mol. The van der Waals surface area contributed by atoms with Gasteiger partial charge in [0.2, 0.25) is 11.7 Å². The Labute approximate surface area is 239 Å². The molecule has 2 aliphatic heterocycles. The molecule has 2 aliphatic rings. The number of hydrogen-bond donors (Lipinski definition) is 2. The smallest absolute Gasteiger partial charge is 0.324 e. The molecule has 11 heteroatoms. The van der Waals surface area contributed by atoms with E-state index in [0.717, 1.165) is 45.4 Å². The second-order valence-corrected chi connectivity index (χ2v) is 10.6. The number of likely N-dealkylation sites (tertiary alicyclic amines) is 1. The maximum atomic E-state index is 12.9. The fourth-order valence-electron chi connectivity index (χ4n) is 5.15. The van der Waals surface area contributed by atoms with Crippen molar-refractivity contribution in [1.29, 1.82) is 0 Å². The van der Waals surface area contributed by atoms with Crippen LogP contribution in [0.4, 0.5) is 6.01 Å². The van der Waals surface area contributed by atoms with Crippen molar-refractivity contribution < 1.29 is 24.0 Å². The lowest BCUT2D eigenvalue weighted by Gasteiger charge is -2.30. The monoisotopic (exact) mass is 569 g/mol. The zero-order chi connectivity index (χ0) is 28.5. The Balaban J connectivity index is 0.00000118. The number of carboxylic acid groups (broad SMARTS) is 1. The molecule has 0 bridgehead atoms. The van der Waals surface area contributed by atoms with Gasteiger partial charge in [-0.1, -0.05) is 46.6 Å². The number of carbonyl (C=O) groups excluding carboxylic acids is 1. The minimum absolute atomic E-state index is 0.0136. The Morgan fingerprint density at radius 3 is 2.58 bits per heavy atom. The summed E-state index contributed by atoms with van der Waals surface area (Å²) in [6.45, 7) is 7.10. The standard InChI is InChI=1S/C28H34ClN5O3.CH2O2/c1-19-3-5-20(6-4-19)17-33-12-9-21(18-33)16-30-27(35)22-10-13-34(14-11-22)28-31-26(32-37-28)24-8-7-23(36-2)15-25(24)29;2-1-3/h3-8,15,21-22H,9-14,16-18H2,1-2H3,(H,30,35);1H,(H,2,3). The molecular weight excluding hydrogens is 534 g/mol. The first-order chi connectivity index (χ1) is 19.4. The van der Waals surface area contributed by atoms with Gasteiger partial charge >= 0.3 is 6.01 Å². The van der Waals surface area contributed by atoms with E-state index in [1.54, 1.807) is 13.2 Å². The molecule has 3 heterocycles. The minimum Gasteiger partial charge on any atom is -0.497 e. The number of benzene rings is 2. The van der Waals surface area contributed by atoms with Gasteiger partial charge < -0.3 is 24.6 Å². The topological polar surface area (TPSA) is 121 Å². The number of carbonyl (C=O) groups is 2. The van der Waals surface area contributed by atoms with Crippen molar-refractivity contribution in [2.24, 2.45) is 11.8 Å². The molecule has 1 unspecified atom stereocenters. The summed E-state index contributed by atoms with van der Waals surface area (Å²) in [6, 6.07) is 14.6. The number of nitrogens with one attached hydrogen (secondary N) is 1. The lowest BCUT2D eigenvalue weighted by atomic mass is 9.96.